The molecule has 1 unspecified atom stereocenters. The Bertz CT molecular complexity index is 765. The van der Waals surface area contributed by atoms with Crippen molar-refractivity contribution in [2.75, 3.05) is 11.9 Å². The van der Waals surface area contributed by atoms with E-state index in [2.05, 4.69) is 5.32 Å². The van der Waals surface area contributed by atoms with E-state index in [0.29, 0.717) is 23.6 Å². The highest BCUT2D eigenvalue weighted by molar-refractivity contribution is 5.96. The zero-order chi connectivity index (χ0) is 19.1. The molecule has 1 N–H and O–H groups in total. The zero-order valence-electron chi connectivity index (χ0n) is 15.7. The Hall–Kier alpha value is -2.82. The lowest BCUT2D eigenvalue weighted by Gasteiger charge is -2.16. The normalized spacial score (nSPS) is 11.5. The van der Waals surface area contributed by atoms with E-state index in [1.54, 1.807) is 31.2 Å². The number of benzene rings is 2. The van der Waals surface area contributed by atoms with Gasteiger partial charge >= 0.3 is 5.97 Å². The molecule has 0 aliphatic heterocycles. The number of carbonyl (C=O) groups is 2. The van der Waals surface area contributed by atoms with E-state index in [9.17, 15) is 9.59 Å². The summed E-state index contributed by atoms with van der Waals surface area (Å²) in [4.78, 5) is 24.3. The zero-order valence-corrected chi connectivity index (χ0v) is 15.7. The highest BCUT2D eigenvalue weighted by atomic mass is 16.5. The first-order chi connectivity index (χ1) is 12.4. The van der Waals surface area contributed by atoms with Crippen molar-refractivity contribution in [3.8, 4) is 5.75 Å². The van der Waals surface area contributed by atoms with Gasteiger partial charge in [0.05, 0.1) is 12.2 Å². The number of hydrogen-bond acceptors (Lipinski definition) is 4. The molecule has 138 valence electrons. The smallest absolute Gasteiger partial charge is 0.338 e. The van der Waals surface area contributed by atoms with Gasteiger partial charge in [0.15, 0.2) is 6.10 Å². The van der Waals surface area contributed by atoms with Gasteiger partial charge in [0.25, 0.3) is 5.91 Å². The molecule has 2 aromatic carbocycles. The summed E-state index contributed by atoms with van der Waals surface area (Å²) in [6.07, 6.45) is 0.0852. The van der Waals surface area contributed by atoms with Crippen LogP contribution in [-0.4, -0.2) is 24.6 Å². The molecule has 1 atom stereocenters. The second-order valence-electron chi connectivity index (χ2n) is 6.29. The molecule has 0 spiro atoms. The van der Waals surface area contributed by atoms with Crippen LogP contribution in [0.3, 0.4) is 0 Å². The molecule has 2 rings (SSSR count). The van der Waals surface area contributed by atoms with Gasteiger partial charge in [-0.25, -0.2) is 4.79 Å². The van der Waals surface area contributed by atoms with Gasteiger partial charge in [-0.2, -0.15) is 0 Å². The summed E-state index contributed by atoms with van der Waals surface area (Å²) in [5, 5.41) is 2.77. The summed E-state index contributed by atoms with van der Waals surface area (Å²) < 4.78 is 10.8. The summed E-state index contributed by atoms with van der Waals surface area (Å²) >= 11 is 0. The van der Waals surface area contributed by atoms with E-state index in [0.717, 1.165) is 17.5 Å². The maximum absolute atomic E-state index is 12.4. The number of aryl methyl sites for hydroxylation is 2. The fraction of sp³-hybridized carbons (Fsp3) is 0.333. The van der Waals surface area contributed by atoms with Gasteiger partial charge in [0, 0.05) is 5.69 Å². The van der Waals surface area contributed by atoms with Crippen LogP contribution < -0.4 is 10.1 Å². The predicted molar refractivity (Wildman–Crippen MR) is 102 cm³/mol. The minimum atomic E-state index is -0.674. The predicted octanol–water partition coefficient (Wildman–Crippen LogP) is 4.28. The number of nitrogens with one attached hydrogen (secondary N) is 1. The van der Waals surface area contributed by atoms with Gasteiger partial charge in [-0.15, -0.1) is 0 Å². The third-order valence-electron chi connectivity index (χ3n) is 3.68. The first-order valence-electron chi connectivity index (χ1n) is 8.72. The standard InChI is InChI=1S/C21H25NO4/c1-5-9-25-21(24)17-7-6-8-18(13-17)22-20(23)16(4)26-19-11-14(2)10-15(3)12-19/h6-8,10-13,16H,5,9H2,1-4H3,(H,22,23). The molecule has 0 aliphatic carbocycles. The first-order valence-corrected chi connectivity index (χ1v) is 8.72. The summed E-state index contributed by atoms with van der Waals surface area (Å²) in [6.45, 7) is 7.95. The number of anilines is 1. The average molecular weight is 355 g/mol. The number of carbonyl (C=O) groups excluding carboxylic acids is 2. The van der Waals surface area contributed by atoms with Crippen LogP contribution in [0.25, 0.3) is 0 Å². The number of rotatable bonds is 7. The second kappa shape index (κ2) is 9.04. The lowest BCUT2D eigenvalue weighted by Crippen LogP contribution is -2.30. The van der Waals surface area contributed by atoms with Gasteiger partial charge in [-0.05, 0) is 68.7 Å². The van der Waals surface area contributed by atoms with Crippen LogP contribution in [-0.2, 0) is 9.53 Å². The molecule has 0 heterocycles. The van der Waals surface area contributed by atoms with Crippen molar-refractivity contribution < 1.29 is 19.1 Å². The Morgan fingerprint density at radius 3 is 2.42 bits per heavy atom. The first kappa shape index (κ1) is 19.5. The number of amides is 1. The lowest BCUT2D eigenvalue weighted by atomic mass is 10.1. The highest BCUT2D eigenvalue weighted by Gasteiger charge is 2.16. The van der Waals surface area contributed by atoms with E-state index < -0.39 is 12.1 Å². The van der Waals surface area contributed by atoms with E-state index in [1.807, 2.05) is 39.0 Å². The molecule has 0 aromatic heterocycles. The molecule has 5 nitrogen and oxygen atoms in total. The van der Waals surface area contributed by atoms with Gasteiger partial charge in [-0.3, -0.25) is 4.79 Å². The SMILES string of the molecule is CCCOC(=O)c1cccc(NC(=O)C(C)Oc2cc(C)cc(C)c2)c1. The molecular formula is C21H25NO4. The maximum Gasteiger partial charge on any atom is 0.338 e. The summed E-state index contributed by atoms with van der Waals surface area (Å²) in [5.74, 6) is -0.0345. The third kappa shape index (κ3) is 5.62. The number of ether oxygens (including phenoxy) is 2. The maximum atomic E-state index is 12.4. The molecule has 0 bridgehead atoms. The Balaban J connectivity index is 2.01. The topological polar surface area (TPSA) is 64.6 Å². The highest BCUT2D eigenvalue weighted by Crippen LogP contribution is 2.18. The Morgan fingerprint density at radius 2 is 1.77 bits per heavy atom. The van der Waals surface area contributed by atoms with Crippen molar-refractivity contribution in [2.45, 2.75) is 40.2 Å². The van der Waals surface area contributed by atoms with Crippen molar-refractivity contribution in [1.82, 2.24) is 0 Å². The average Bonchev–Trinajstić information content (AvgIpc) is 2.58. The van der Waals surface area contributed by atoms with Crippen LogP contribution in [0.15, 0.2) is 42.5 Å². The second-order valence-corrected chi connectivity index (χ2v) is 6.29. The molecule has 0 saturated heterocycles. The number of esters is 1. The molecule has 26 heavy (non-hydrogen) atoms. The molecule has 0 saturated carbocycles. The van der Waals surface area contributed by atoms with Gasteiger partial charge < -0.3 is 14.8 Å². The van der Waals surface area contributed by atoms with Gasteiger partial charge in [0.1, 0.15) is 5.75 Å². The van der Waals surface area contributed by atoms with Crippen LogP contribution in [0.4, 0.5) is 5.69 Å². The molecule has 1 amide bonds. The molecule has 0 radical (unpaired) electrons. The molecule has 2 aromatic rings. The van der Waals surface area contributed by atoms with E-state index in [4.69, 9.17) is 9.47 Å². The quantitative estimate of drug-likeness (QED) is 0.753. The number of hydrogen-bond donors (Lipinski definition) is 1. The van der Waals surface area contributed by atoms with Crippen LogP contribution in [0.2, 0.25) is 0 Å². The lowest BCUT2D eigenvalue weighted by molar-refractivity contribution is -0.122. The fourth-order valence-corrected chi connectivity index (χ4v) is 2.50. The Kier molecular flexibility index (Phi) is 6.78. The third-order valence-corrected chi connectivity index (χ3v) is 3.68. The monoisotopic (exact) mass is 355 g/mol. The summed E-state index contributed by atoms with van der Waals surface area (Å²) in [5.41, 5.74) is 3.08. The minimum absolute atomic E-state index is 0.289. The molecule has 0 aliphatic rings. The van der Waals surface area contributed by atoms with E-state index in [1.165, 1.54) is 0 Å². The van der Waals surface area contributed by atoms with E-state index >= 15 is 0 Å². The van der Waals surface area contributed by atoms with Gasteiger partial charge in [-0.1, -0.05) is 19.1 Å². The molecule has 5 heteroatoms. The van der Waals surface area contributed by atoms with Crippen LogP contribution in [0.5, 0.6) is 5.75 Å². The van der Waals surface area contributed by atoms with Gasteiger partial charge in [0.2, 0.25) is 0 Å². The van der Waals surface area contributed by atoms with Crippen LogP contribution in [0.1, 0.15) is 41.8 Å². The summed E-state index contributed by atoms with van der Waals surface area (Å²) in [6, 6.07) is 12.5. The molecule has 0 fully saturated rings. The Labute approximate surface area is 154 Å². The van der Waals surface area contributed by atoms with Crippen LogP contribution >= 0.6 is 0 Å². The van der Waals surface area contributed by atoms with Crippen molar-refractivity contribution in [2.24, 2.45) is 0 Å². The van der Waals surface area contributed by atoms with Crippen LogP contribution in [0, 0.1) is 13.8 Å². The minimum Gasteiger partial charge on any atom is -0.481 e. The van der Waals surface area contributed by atoms with Crippen molar-refractivity contribution in [3.05, 3.63) is 59.2 Å². The fourth-order valence-electron chi connectivity index (χ4n) is 2.50. The largest absolute Gasteiger partial charge is 0.481 e. The Morgan fingerprint density at radius 1 is 1.08 bits per heavy atom. The van der Waals surface area contributed by atoms with E-state index in [-0.39, 0.29) is 5.91 Å². The molecular weight excluding hydrogens is 330 g/mol. The van der Waals surface area contributed by atoms with Crippen molar-refractivity contribution in [3.63, 3.8) is 0 Å². The summed E-state index contributed by atoms with van der Waals surface area (Å²) in [7, 11) is 0. The van der Waals surface area contributed by atoms with Crippen molar-refractivity contribution >= 4 is 17.6 Å². The van der Waals surface area contributed by atoms with Crippen molar-refractivity contribution in [1.29, 1.82) is 0 Å².